The molecule has 0 saturated heterocycles. The summed E-state index contributed by atoms with van der Waals surface area (Å²) >= 11 is 8.35. The first kappa shape index (κ1) is 17.2. The van der Waals surface area contributed by atoms with Crippen LogP contribution in [0.15, 0.2) is 0 Å². The quantitative estimate of drug-likeness (QED) is 0.337. The van der Waals surface area contributed by atoms with E-state index in [1.54, 1.807) is 10.9 Å². The van der Waals surface area contributed by atoms with Crippen molar-refractivity contribution in [3.05, 3.63) is 11.7 Å². The fraction of sp³-hybridized carbons (Fsp3) is 0. The van der Waals surface area contributed by atoms with E-state index in [2.05, 4.69) is 24.4 Å². The molecule has 68 valence electrons. The topological polar surface area (TPSA) is 124 Å². The van der Waals surface area contributed by atoms with E-state index in [0.29, 0.717) is 0 Å². The predicted octanol–water partition coefficient (Wildman–Crippen LogP) is -0.429. The summed E-state index contributed by atoms with van der Waals surface area (Å²) in [5.74, 6) is 12.3. The predicted molar refractivity (Wildman–Crippen MR) is 48.5 cm³/mol. The van der Waals surface area contributed by atoms with E-state index in [-0.39, 0.29) is 31.3 Å². The Balaban J connectivity index is -0.000000107. The second-order valence-corrected chi connectivity index (χ2v) is 1.86. The van der Waals surface area contributed by atoms with Crippen LogP contribution in [0.25, 0.3) is 11.7 Å². The van der Waals surface area contributed by atoms with Crippen LogP contribution < -0.4 is 22.3 Å². The SMILES string of the molecule is [NH-]NC(N)=S.[NH-]NC(N)=S.[Pt+2]. The van der Waals surface area contributed by atoms with Gasteiger partial charge in [-0.2, -0.15) is 0 Å². The van der Waals surface area contributed by atoms with E-state index < -0.39 is 0 Å². The molecule has 8 N–H and O–H groups in total. The van der Waals surface area contributed by atoms with E-state index in [4.69, 9.17) is 23.2 Å². The van der Waals surface area contributed by atoms with Crippen LogP contribution in [0, 0.1) is 0 Å². The molecule has 0 fully saturated rings. The Labute approximate surface area is 89.6 Å². The van der Waals surface area contributed by atoms with Crippen molar-refractivity contribution in [1.29, 1.82) is 0 Å². The second-order valence-electron chi connectivity index (χ2n) is 0.979. The van der Waals surface area contributed by atoms with Gasteiger partial charge in [0, 0.05) is 0 Å². The first-order valence-electron chi connectivity index (χ1n) is 1.99. The monoisotopic (exact) mass is 375 g/mol. The van der Waals surface area contributed by atoms with Gasteiger partial charge in [0.05, 0.1) is 0 Å². The van der Waals surface area contributed by atoms with Crippen LogP contribution in [-0.2, 0) is 21.1 Å². The van der Waals surface area contributed by atoms with Gasteiger partial charge in [-0.1, -0.05) is 0 Å². The third-order valence-corrected chi connectivity index (χ3v) is 0.451. The molecule has 0 amide bonds. The molecule has 0 heterocycles. The molecular formula is C2H8N6PtS2. The number of rotatable bonds is 0. The second kappa shape index (κ2) is 12.6. The summed E-state index contributed by atoms with van der Waals surface area (Å²) in [5, 5.41) is 0.00926. The number of hydrogen-bond donors (Lipinski definition) is 4. The molecule has 0 aromatic carbocycles. The maximum atomic E-state index is 6.14. The molecule has 0 aromatic heterocycles. The van der Waals surface area contributed by atoms with Gasteiger partial charge in [-0.15, -0.1) is 0 Å². The third-order valence-electron chi connectivity index (χ3n) is 0.246. The number of thiocarbonyl (C=S) groups is 2. The normalized spacial score (nSPS) is 6.00. The van der Waals surface area contributed by atoms with E-state index in [9.17, 15) is 0 Å². The smallest absolute Gasteiger partial charge is 0.584 e. The minimum atomic E-state index is 0. The molecule has 0 aliphatic rings. The number of nitrogens with two attached hydrogens (primary N) is 2. The first-order valence-corrected chi connectivity index (χ1v) is 2.80. The minimum absolute atomic E-state index is 0. The van der Waals surface area contributed by atoms with Crippen molar-refractivity contribution < 1.29 is 21.1 Å². The van der Waals surface area contributed by atoms with Gasteiger partial charge in [0.15, 0.2) is 0 Å². The van der Waals surface area contributed by atoms with Crippen molar-refractivity contribution in [3.63, 3.8) is 0 Å². The van der Waals surface area contributed by atoms with Crippen molar-refractivity contribution in [1.82, 2.24) is 10.9 Å². The van der Waals surface area contributed by atoms with Gasteiger partial charge in [0.2, 0.25) is 0 Å². The number of hydrogen-bond acceptors (Lipinski definition) is 2. The van der Waals surface area contributed by atoms with E-state index in [1.165, 1.54) is 0 Å². The summed E-state index contributed by atoms with van der Waals surface area (Å²) in [5.41, 5.74) is 13.0. The Kier molecular flexibility index (Phi) is 19.7. The largest absolute Gasteiger partial charge is 2.00 e. The molecule has 0 bridgehead atoms. The van der Waals surface area contributed by atoms with Crippen LogP contribution in [0.3, 0.4) is 0 Å². The molecule has 0 unspecified atom stereocenters. The third kappa shape index (κ3) is 40.1. The number of nitrogens with one attached hydrogen (secondary N) is 4. The standard InChI is InChI=1S/2CH4N3S.Pt/c2*2-1(5)4-3;/h2*3H,(H3,2,4,5);/q2*-1;+2. The van der Waals surface area contributed by atoms with Gasteiger partial charge in [0.25, 0.3) is 0 Å². The van der Waals surface area contributed by atoms with Crippen LogP contribution in [0.5, 0.6) is 0 Å². The van der Waals surface area contributed by atoms with Gasteiger partial charge in [-0.3, -0.25) is 0 Å². The zero-order valence-electron chi connectivity index (χ0n) is 5.29. The molecular weight excluding hydrogens is 367 g/mol. The van der Waals surface area contributed by atoms with Gasteiger partial charge < -0.3 is 34.0 Å². The van der Waals surface area contributed by atoms with Crippen molar-refractivity contribution >= 4 is 34.7 Å². The molecule has 0 saturated carbocycles. The van der Waals surface area contributed by atoms with Crippen molar-refractivity contribution in [2.45, 2.75) is 0 Å². The molecule has 0 aromatic rings. The molecule has 0 radical (unpaired) electrons. The zero-order valence-corrected chi connectivity index (χ0v) is 9.19. The molecule has 6 nitrogen and oxygen atoms in total. The molecule has 0 aliphatic carbocycles. The summed E-state index contributed by atoms with van der Waals surface area (Å²) < 4.78 is 0. The van der Waals surface area contributed by atoms with Gasteiger partial charge in [-0.25, -0.2) is 0 Å². The summed E-state index contributed by atoms with van der Waals surface area (Å²) in [7, 11) is 0. The average molecular weight is 375 g/mol. The Morgan fingerprint density at radius 1 is 1.00 bits per heavy atom. The van der Waals surface area contributed by atoms with Crippen LogP contribution >= 0.6 is 24.4 Å². The zero-order chi connectivity index (χ0) is 8.57. The van der Waals surface area contributed by atoms with Crippen LogP contribution in [0.1, 0.15) is 0 Å². The fourth-order valence-electron chi connectivity index (χ4n) is 0. The summed E-state index contributed by atoms with van der Waals surface area (Å²) in [6.07, 6.45) is 0. The molecule has 0 aliphatic heterocycles. The Hall–Kier alpha value is -0.0117. The minimum Gasteiger partial charge on any atom is -0.584 e. The van der Waals surface area contributed by atoms with Crippen LogP contribution in [0.2, 0.25) is 0 Å². The Bertz CT molecular complexity index is 103. The van der Waals surface area contributed by atoms with Crippen molar-refractivity contribution in [3.8, 4) is 0 Å². The molecule has 0 rings (SSSR count). The van der Waals surface area contributed by atoms with Crippen molar-refractivity contribution in [2.24, 2.45) is 11.5 Å². The Morgan fingerprint density at radius 3 is 1.09 bits per heavy atom. The van der Waals surface area contributed by atoms with Gasteiger partial charge >= 0.3 is 21.1 Å². The Morgan fingerprint density at radius 2 is 1.09 bits per heavy atom. The molecule has 9 heteroatoms. The maximum absolute atomic E-state index is 6.14. The maximum Gasteiger partial charge on any atom is 2.00 e. The average Bonchev–Trinajstić information content (AvgIpc) is 1.89. The molecule has 0 spiro atoms. The van der Waals surface area contributed by atoms with Gasteiger partial charge in [0.1, 0.15) is 10.2 Å². The summed E-state index contributed by atoms with van der Waals surface area (Å²) in [6, 6.07) is 0. The summed E-state index contributed by atoms with van der Waals surface area (Å²) in [4.78, 5) is 0. The first-order chi connectivity index (χ1) is 4.54. The van der Waals surface area contributed by atoms with Crippen LogP contribution in [-0.4, -0.2) is 10.2 Å². The fourth-order valence-corrected chi connectivity index (χ4v) is 0. The molecule has 0 atom stereocenters. The van der Waals surface area contributed by atoms with Gasteiger partial charge in [-0.05, 0) is 24.4 Å². The van der Waals surface area contributed by atoms with Crippen LogP contribution in [0.4, 0.5) is 0 Å². The summed E-state index contributed by atoms with van der Waals surface area (Å²) in [6.45, 7) is 0. The van der Waals surface area contributed by atoms with Crippen molar-refractivity contribution in [2.75, 3.05) is 0 Å². The van der Waals surface area contributed by atoms with E-state index in [0.717, 1.165) is 0 Å². The van der Waals surface area contributed by atoms with E-state index >= 15 is 0 Å². The molecule has 11 heavy (non-hydrogen) atoms. The van der Waals surface area contributed by atoms with E-state index in [1.807, 2.05) is 0 Å².